The van der Waals surface area contributed by atoms with E-state index in [2.05, 4.69) is 15.5 Å². The van der Waals surface area contributed by atoms with Crippen molar-refractivity contribution >= 4 is 23.4 Å². The molecule has 0 radical (unpaired) electrons. The molecule has 29 heavy (non-hydrogen) atoms. The van der Waals surface area contributed by atoms with Gasteiger partial charge in [0.25, 0.3) is 0 Å². The lowest BCUT2D eigenvalue weighted by Crippen LogP contribution is -2.42. The monoisotopic (exact) mass is 407 g/mol. The van der Waals surface area contributed by atoms with E-state index < -0.39 is 0 Å². The Kier molecular flexibility index (Phi) is 6.24. The van der Waals surface area contributed by atoms with Crippen molar-refractivity contribution in [2.24, 2.45) is 0 Å². The Morgan fingerprint density at radius 2 is 1.79 bits per heavy atom. The van der Waals surface area contributed by atoms with E-state index in [4.69, 9.17) is 0 Å². The first-order valence-electron chi connectivity index (χ1n) is 10.1. The van der Waals surface area contributed by atoms with E-state index >= 15 is 0 Å². The van der Waals surface area contributed by atoms with E-state index in [1.165, 1.54) is 31.0 Å². The fourth-order valence-electron chi connectivity index (χ4n) is 3.90. The predicted octanol–water partition coefficient (Wildman–Crippen LogP) is 4.43. The zero-order chi connectivity index (χ0) is 20.1. The van der Waals surface area contributed by atoms with Crippen LogP contribution in [0.25, 0.3) is 5.69 Å². The van der Waals surface area contributed by atoms with Gasteiger partial charge in [0.15, 0.2) is 0 Å². The molecule has 0 unspecified atom stereocenters. The van der Waals surface area contributed by atoms with Crippen LogP contribution in [0.1, 0.15) is 37.7 Å². The number of nitrogens with zero attached hydrogens (tertiary/aromatic N) is 5. The summed E-state index contributed by atoms with van der Waals surface area (Å²) in [4.78, 5) is 15.3. The van der Waals surface area contributed by atoms with Gasteiger partial charge in [0.05, 0.1) is 11.4 Å². The molecule has 1 aliphatic carbocycles. The van der Waals surface area contributed by atoms with E-state index in [1.54, 1.807) is 4.68 Å². The van der Waals surface area contributed by atoms with Gasteiger partial charge in [-0.05, 0) is 54.0 Å². The molecule has 6 nitrogen and oxygen atoms in total. The summed E-state index contributed by atoms with van der Waals surface area (Å²) in [5.74, 6) is 0.407. The molecule has 1 heterocycles. The minimum atomic E-state index is 0.104. The molecule has 1 aromatic heterocycles. The van der Waals surface area contributed by atoms with Crippen molar-refractivity contribution in [1.29, 1.82) is 0 Å². The number of hydrogen-bond acceptors (Lipinski definition) is 5. The summed E-state index contributed by atoms with van der Waals surface area (Å²) < 4.78 is 1.71. The summed E-state index contributed by atoms with van der Waals surface area (Å²) in [6.07, 6.45) is 5.74. The van der Waals surface area contributed by atoms with E-state index in [9.17, 15) is 4.79 Å². The molecule has 150 valence electrons. The summed E-state index contributed by atoms with van der Waals surface area (Å²) in [6.45, 7) is 2.02. The van der Waals surface area contributed by atoms with Crippen molar-refractivity contribution in [3.8, 4) is 5.69 Å². The largest absolute Gasteiger partial charge is 0.309 e. The average molecular weight is 408 g/mol. The van der Waals surface area contributed by atoms with E-state index in [1.807, 2.05) is 66.4 Å². The molecule has 1 saturated carbocycles. The number of carbonyl (C=O) groups is 1. The third-order valence-corrected chi connectivity index (χ3v) is 6.26. The number of para-hydroxylation sites is 2. The standard InChI is InChI=1S/C22H25N5OS/c1-17-10-8-9-15-20(17)27-22(23-24-25-27)29-16-21(28)26(18-11-4-2-5-12-18)19-13-6-3-7-14-19/h2,4-5,8-12,15,19H,3,6-7,13-14,16H2,1H3. The van der Waals surface area contributed by atoms with Gasteiger partial charge in [0.2, 0.25) is 11.1 Å². The maximum atomic E-state index is 13.3. The van der Waals surface area contributed by atoms with Gasteiger partial charge in [-0.1, -0.05) is 67.4 Å². The number of anilines is 1. The van der Waals surface area contributed by atoms with E-state index in [0.29, 0.717) is 10.9 Å². The summed E-state index contributed by atoms with van der Waals surface area (Å²) in [5.41, 5.74) is 2.99. The number of tetrazole rings is 1. The third-order valence-electron chi connectivity index (χ3n) is 5.35. The first kappa shape index (κ1) is 19.6. The smallest absolute Gasteiger partial charge is 0.237 e. The number of amides is 1. The molecular formula is C22H25N5OS. The molecule has 0 bridgehead atoms. The molecule has 0 N–H and O–H groups in total. The van der Waals surface area contributed by atoms with Crippen LogP contribution >= 0.6 is 11.8 Å². The van der Waals surface area contributed by atoms with Crippen LogP contribution in [-0.2, 0) is 4.79 Å². The number of benzene rings is 2. The second-order valence-corrected chi connectivity index (χ2v) is 8.28. The average Bonchev–Trinajstić information content (AvgIpc) is 3.23. The fourth-order valence-corrected chi connectivity index (χ4v) is 4.65. The van der Waals surface area contributed by atoms with Crippen molar-refractivity contribution in [2.45, 2.75) is 50.2 Å². The number of aromatic nitrogens is 4. The number of hydrogen-bond donors (Lipinski definition) is 0. The third kappa shape index (κ3) is 4.50. The molecule has 3 aromatic rings. The number of carbonyl (C=O) groups excluding carboxylic acids is 1. The lowest BCUT2D eigenvalue weighted by atomic mass is 9.93. The Hall–Kier alpha value is -2.67. The van der Waals surface area contributed by atoms with Gasteiger partial charge in [-0.25, -0.2) is 0 Å². The summed E-state index contributed by atoms with van der Waals surface area (Å²) in [6, 6.07) is 18.2. The molecular weight excluding hydrogens is 382 g/mol. The maximum absolute atomic E-state index is 13.3. The topological polar surface area (TPSA) is 63.9 Å². The molecule has 2 aromatic carbocycles. The first-order chi connectivity index (χ1) is 14.2. The van der Waals surface area contributed by atoms with Crippen molar-refractivity contribution in [3.05, 3.63) is 60.2 Å². The lowest BCUT2D eigenvalue weighted by molar-refractivity contribution is -0.116. The van der Waals surface area contributed by atoms with Crippen LogP contribution in [0.4, 0.5) is 5.69 Å². The van der Waals surface area contributed by atoms with Gasteiger partial charge in [0, 0.05) is 11.7 Å². The van der Waals surface area contributed by atoms with Crippen LogP contribution in [0.15, 0.2) is 59.8 Å². The Morgan fingerprint density at radius 3 is 2.55 bits per heavy atom. The Morgan fingerprint density at radius 1 is 1.07 bits per heavy atom. The van der Waals surface area contributed by atoms with Crippen LogP contribution in [0.2, 0.25) is 0 Å². The molecule has 0 saturated heterocycles. The normalized spacial score (nSPS) is 14.7. The first-order valence-corrected chi connectivity index (χ1v) is 11.1. The summed E-state index contributed by atoms with van der Waals surface area (Å²) in [7, 11) is 0. The van der Waals surface area contributed by atoms with Crippen molar-refractivity contribution in [1.82, 2.24) is 20.2 Å². The highest BCUT2D eigenvalue weighted by Crippen LogP contribution is 2.29. The molecule has 0 aliphatic heterocycles. The summed E-state index contributed by atoms with van der Waals surface area (Å²) in [5, 5.41) is 12.7. The maximum Gasteiger partial charge on any atom is 0.237 e. The van der Waals surface area contributed by atoms with Gasteiger partial charge in [-0.3, -0.25) is 4.79 Å². The minimum Gasteiger partial charge on any atom is -0.309 e. The van der Waals surface area contributed by atoms with Crippen LogP contribution in [-0.4, -0.2) is 37.9 Å². The van der Waals surface area contributed by atoms with Gasteiger partial charge >= 0.3 is 0 Å². The summed E-state index contributed by atoms with van der Waals surface area (Å²) >= 11 is 1.39. The molecule has 4 rings (SSSR count). The van der Waals surface area contributed by atoms with Gasteiger partial charge in [0.1, 0.15) is 0 Å². The number of aryl methyl sites for hydroxylation is 1. The lowest BCUT2D eigenvalue weighted by Gasteiger charge is -2.34. The molecule has 1 fully saturated rings. The molecule has 0 atom stereocenters. The second-order valence-electron chi connectivity index (χ2n) is 7.34. The zero-order valence-electron chi connectivity index (χ0n) is 16.6. The number of thioether (sulfide) groups is 1. The van der Waals surface area contributed by atoms with Crippen LogP contribution in [0.3, 0.4) is 0 Å². The van der Waals surface area contributed by atoms with Crippen LogP contribution in [0.5, 0.6) is 0 Å². The zero-order valence-corrected chi connectivity index (χ0v) is 17.4. The highest BCUT2D eigenvalue weighted by atomic mass is 32.2. The van der Waals surface area contributed by atoms with Gasteiger partial charge < -0.3 is 4.90 Å². The van der Waals surface area contributed by atoms with E-state index in [0.717, 1.165) is 29.8 Å². The molecule has 1 aliphatic rings. The predicted molar refractivity (Wildman–Crippen MR) is 115 cm³/mol. The Balaban J connectivity index is 1.52. The van der Waals surface area contributed by atoms with Crippen LogP contribution < -0.4 is 4.90 Å². The second kappa shape index (κ2) is 9.22. The Labute approximate surface area is 175 Å². The van der Waals surface area contributed by atoms with Gasteiger partial charge in [-0.2, -0.15) is 4.68 Å². The van der Waals surface area contributed by atoms with Crippen LogP contribution in [0, 0.1) is 6.92 Å². The van der Waals surface area contributed by atoms with Crippen molar-refractivity contribution in [2.75, 3.05) is 10.7 Å². The van der Waals surface area contributed by atoms with E-state index in [-0.39, 0.29) is 11.9 Å². The Bertz CT molecular complexity index is 953. The minimum absolute atomic E-state index is 0.104. The van der Waals surface area contributed by atoms with Gasteiger partial charge in [-0.15, -0.1) is 5.10 Å². The highest BCUT2D eigenvalue weighted by Gasteiger charge is 2.27. The molecule has 1 amide bonds. The number of rotatable bonds is 6. The quantitative estimate of drug-likeness (QED) is 0.566. The molecule has 7 heteroatoms. The highest BCUT2D eigenvalue weighted by molar-refractivity contribution is 7.99. The SMILES string of the molecule is Cc1ccccc1-n1nnnc1SCC(=O)N(c1ccccc1)C1CCCCC1. The molecule has 0 spiro atoms. The van der Waals surface area contributed by atoms with Crippen molar-refractivity contribution < 1.29 is 4.79 Å². The fraction of sp³-hybridized carbons (Fsp3) is 0.364. The van der Waals surface area contributed by atoms with Crippen molar-refractivity contribution in [3.63, 3.8) is 0 Å².